The van der Waals surface area contributed by atoms with Crippen LogP contribution in [0.4, 0.5) is 10.5 Å². The second-order valence-electron chi connectivity index (χ2n) is 8.81. The van der Waals surface area contributed by atoms with Crippen LogP contribution in [0.3, 0.4) is 0 Å². The maximum Gasteiger partial charge on any atom is 0.413 e. The quantitative estimate of drug-likeness (QED) is 0.372. The zero-order chi connectivity index (χ0) is 23.8. The van der Waals surface area contributed by atoms with Crippen LogP contribution in [0.1, 0.15) is 55.1 Å². The Labute approximate surface area is 195 Å². The van der Waals surface area contributed by atoms with E-state index < -0.39 is 11.7 Å². The van der Waals surface area contributed by atoms with Gasteiger partial charge in [-0.15, -0.1) is 0 Å². The topological polar surface area (TPSA) is 94.5 Å². The van der Waals surface area contributed by atoms with Crippen molar-refractivity contribution in [3.8, 4) is 11.8 Å². The maximum absolute atomic E-state index is 12.4. The number of nitrogens with zero attached hydrogens (tertiary/aromatic N) is 1. The second kappa shape index (κ2) is 10.7. The summed E-state index contributed by atoms with van der Waals surface area (Å²) in [6.45, 7) is 7.44. The first-order valence-electron chi connectivity index (χ1n) is 11.0. The lowest BCUT2D eigenvalue weighted by atomic mass is 10.1. The minimum Gasteiger partial charge on any atom is -0.444 e. The molecule has 7 nitrogen and oxygen atoms in total. The Morgan fingerprint density at radius 3 is 2.21 bits per heavy atom. The molecule has 1 aliphatic heterocycles. The van der Waals surface area contributed by atoms with E-state index in [2.05, 4.69) is 22.5 Å². The fourth-order valence-corrected chi connectivity index (χ4v) is 3.32. The number of hydrogen-bond donors (Lipinski definition) is 3. The number of benzene rings is 2. The SMILES string of the molecule is CC(C)(C)OC(=O)NC(=N)c1ccc(NCC#Cc2ccc(C(=O)N3CCCC3)cc2)cc1. The molecule has 0 aromatic heterocycles. The van der Waals surface area contributed by atoms with Gasteiger partial charge in [-0.1, -0.05) is 11.8 Å². The summed E-state index contributed by atoms with van der Waals surface area (Å²) in [5.41, 5.74) is 2.36. The largest absolute Gasteiger partial charge is 0.444 e. The average Bonchev–Trinajstić information content (AvgIpc) is 3.30. The summed E-state index contributed by atoms with van der Waals surface area (Å²) in [4.78, 5) is 26.1. The van der Waals surface area contributed by atoms with Gasteiger partial charge >= 0.3 is 6.09 Å². The summed E-state index contributed by atoms with van der Waals surface area (Å²) in [6, 6.07) is 14.5. The van der Waals surface area contributed by atoms with E-state index in [0.717, 1.165) is 37.2 Å². The van der Waals surface area contributed by atoms with Gasteiger partial charge in [0.2, 0.25) is 0 Å². The van der Waals surface area contributed by atoms with Crippen molar-refractivity contribution in [2.45, 2.75) is 39.2 Å². The van der Waals surface area contributed by atoms with Crippen molar-refractivity contribution in [1.82, 2.24) is 10.2 Å². The van der Waals surface area contributed by atoms with Crippen LogP contribution in [-0.2, 0) is 4.74 Å². The van der Waals surface area contributed by atoms with Crippen LogP contribution in [0.15, 0.2) is 48.5 Å². The van der Waals surface area contributed by atoms with Crippen LogP contribution in [0.5, 0.6) is 0 Å². The van der Waals surface area contributed by atoms with Crippen LogP contribution in [0.2, 0.25) is 0 Å². The lowest BCUT2D eigenvalue weighted by molar-refractivity contribution is 0.0562. The fraction of sp³-hybridized carbons (Fsp3) is 0.346. The van der Waals surface area contributed by atoms with E-state index in [1.807, 2.05) is 41.3 Å². The number of amides is 2. The lowest BCUT2D eigenvalue weighted by Gasteiger charge is -2.19. The molecule has 1 saturated heterocycles. The van der Waals surface area contributed by atoms with Crippen molar-refractivity contribution in [3.63, 3.8) is 0 Å². The van der Waals surface area contributed by atoms with Gasteiger partial charge in [-0.05, 0) is 82.1 Å². The number of carbonyl (C=O) groups is 2. The van der Waals surface area contributed by atoms with Crippen molar-refractivity contribution in [2.24, 2.45) is 0 Å². The van der Waals surface area contributed by atoms with Crippen molar-refractivity contribution in [2.75, 3.05) is 25.0 Å². The second-order valence-corrected chi connectivity index (χ2v) is 8.81. The molecular weight excluding hydrogens is 416 g/mol. The molecule has 0 saturated carbocycles. The van der Waals surface area contributed by atoms with Crippen molar-refractivity contribution >= 4 is 23.5 Å². The Kier molecular flexibility index (Phi) is 7.73. The molecule has 0 atom stereocenters. The molecule has 7 heteroatoms. The average molecular weight is 447 g/mol. The van der Waals surface area contributed by atoms with Crippen LogP contribution in [0.25, 0.3) is 0 Å². The van der Waals surface area contributed by atoms with Gasteiger partial charge in [0.05, 0.1) is 6.54 Å². The molecule has 1 heterocycles. The lowest BCUT2D eigenvalue weighted by Crippen LogP contribution is -2.36. The van der Waals surface area contributed by atoms with E-state index in [0.29, 0.717) is 17.7 Å². The summed E-state index contributed by atoms with van der Waals surface area (Å²) in [6.07, 6.45) is 1.51. The third kappa shape index (κ3) is 7.39. The predicted molar refractivity (Wildman–Crippen MR) is 130 cm³/mol. The molecule has 2 aromatic carbocycles. The number of nitrogens with one attached hydrogen (secondary N) is 3. The van der Waals surface area contributed by atoms with Crippen molar-refractivity contribution < 1.29 is 14.3 Å². The van der Waals surface area contributed by atoms with Gasteiger partial charge < -0.3 is 15.0 Å². The summed E-state index contributed by atoms with van der Waals surface area (Å²) >= 11 is 0. The fourth-order valence-electron chi connectivity index (χ4n) is 3.32. The van der Waals surface area contributed by atoms with Crippen LogP contribution >= 0.6 is 0 Å². The van der Waals surface area contributed by atoms with E-state index in [-0.39, 0.29) is 11.7 Å². The highest BCUT2D eigenvalue weighted by Gasteiger charge is 2.19. The van der Waals surface area contributed by atoms with Gasteiger partial charge in [0.1, 0.15) is 11.4 Å². The summed E-state index contributed by atoms with van der Waals surface area (Å²) in [5.74, 6) is 6.22. The molecule has 0 unspecified atom stereocenters. The standard InChI is InChI=1S/C26H30N4O3/c1-26(2,3)33-25(32)29-23(27)20-12-14-22(15-13-20)28-16-6-7-19-8-10-21(11-9-19)24(31)30-17-4-5-18-30/h8-15,28H,4-5,16-18H2,1-3H3,(H2,27,29,32). The molecule has 33 heavy (non-hydrogen) atoms. The van der Waals surface area contributed by atoms with E-state index in [9.17, 15) is 9.59 Å². The molecular formula is C26H30N4O3. The van der Waals surface area contributed by atoms with Gasteiger partial charge in [0.15, 0.2) is 0 Å². The Balaban J connectivity index is 1.47. The molecule has 0 spiro atoms. The minimum absolute atomic E-state index is 0.0257. The van der Waals surface area contributed by atoms with Crippen LogP contribution in [0, 0.1) is 17.3 Å². The number of rotatable bonds is 4. The Morgan fingerprint density at radius 2 is 1.61 bits per heavy atom. The molecule has 0 bridgehead atoms. The molecule has 3 N–H and O–H groups in total. The number of carbonyl (C=O) groups excluding carboxylic acids is 2. The molecule has 2 aromatic rings. The number of ether oxygens (including phenoxy) is 1. The highest BCUT2D eigenvalue weighted by atomic mass is 16.6. The van der Waals surface area contributed by atoms with Gasteiger partial charge in [0.25, 0.3) is 5.91 Å². The monoisotopic (exact) mass is 446 g/mol. The molecule has 2 amide bonds. The highest BCUT2D eigenvalue weighted by Crippen LogP contribution is 2.14. The number of hydrogen-bond acceptors (Lipinski definition) is 5. The maximum atomic E-state index is 12.4. The summed E-state index contributed by atoms with van der Waals surface area (Å²) < 4.78 is 5.16. The summed E-state index contributed by atoms with van der Waals surface area (Å²) in [7, 11) is 0. The smallest absolute Gasteiger partial charge is 0.413 e. The van der Waals surface area contributed by atoms with Crippen molar-refractivity contribution in [1.29, 1.82) is 5.41 Å². The Morgan fingerprint density at radius 1 is 1.00 bits per heavy atom. The van der Waals surface area contributed by atoms with Gasteiger partial charge in [0, 0.05) is 35.5 Å². The third-order valence-electron chi connectivity index (χ3n) is 4.94. The zero-order valence-electron chi connectivity index (χ0n) is 19.3. The number of amidine groups is 1. The normalized spacial score (nSPS) is 13.0. The predicted octanol–water partition coefficient (Wildman–Crippen LogP) is 4.24. The molecule has 0 aliphatic carbocycles. The third-order valence-corrected chi connectivity index (χ3v) is 4.94. The van der Waals surface area contributed by atoms with Crippen molar-refractivity contribution in [3.05, 3.63) is 65.2 Å². The van der Waals surface area contributed by atoms with E-state index in [1.165, 1.54) is 0 Å². The van der Waals surface area contributed by atoms with Gasteiger partial charge in [-0.3, -0.25) is 15.5 Å². The molecule has 1 aliphatic rings. The van der Waals surface area contributed by atoms with E-state index in [4.69, 9.17) is 10.1 Å². The van der Waals surface area contributed by atoms with Gasteiger partial charge in [-0.2, -0.15) is 0 Å². The molecule has 1 fully saturated rings. The number of anilines is 1. The highest BCUT2D eigenvalue weighted by molar-refractivity contribution is 6.04. The summed E-state index contributed by atoms with van der Waals surface area (Å²) in [5, 5.41) is 13.6. The first-order chi connectivity index (χ1) is 15.7. The van der Waals surface area contributed by atoms with Crippen LogP contribution < -0.4 is 10.6 Å². The first-order valence-corrected chi connectivity index (χ1v) is 11.0. The minimum atomic E-state index is -0.654. The van der Waals surface area contributed by atoms with E-state index >= 15 is 0 Å². The van der Waals surface area contributed by atoms with Gasteiger partial charge in [-0.25, -0.2) is 4.79 Å². The number of likely N-dealkylation sites (tertiary alicyclic amines) is 1. The Hall–Kier alpha value is -3.79. The number of alkyl carbamates (subject to hydrolysis) is 1. The molecule has 0 radical (unpaired) electrons. The zero-order valence-corrected chi connectivity index (χ0v) is 19.3. The van der Waals surface area contributed by atoms with E-state index in [1.54, 1.807) is 32.9 Å². The first kappa shape index (κ1) is 23.9. The Bertz CT molecular complexity index is 1050. The molecule has 172 valence electrons. The molecule has 3 rings (SSSR count). The van der Waals surface area contributed by atoms with Crippen LogP contribution in [-0.4, -0.2) is 48.0 Å².